The van der Waals surface area contributed by atoms with Gasteiger partial charge in [-0.15, -0.1) is 13.1 Å². The Kier molecular flexibility index (Phi) is 9.34. The van der Waals surface area contributed by atoms with E-state index in [-0.39, 0.29) is 32.6 Å². The summed E-state index contributed by atoms with van der Waals surface area (Å²) in [6, 6.07) is 11.1. The molecule has 0 aliphatic carbocycles. The number of nitrogens with zero attached hydrogens (tertiary/aromatic N) is 2. The van der Waals surface area contributed by atoms with Crippen molar-refractivity contribution in [3.05, 3.63) is 71.6 Å². The molecule has 17 heavy (non-hydrogen) atoms. The second-order valence-electron chi connectivity index (χ2n) is 3.00. The van der Waals surface area contributed by atoms with E-state index in [2.05, 4.69) is 9.97 Å². The Hall–Kier alpha value is -1.16. The summed E-state index contributed by atoms with van der Waals surface area (Å²) in [7, 11) is 0. The summed E-state index contributed by atoms with van der Waals surface area (Å²) in [4.78, 5) is 7.82. The molecule has 0 amide bonds. The molecule has 0 fully saturated rings. The molecule has 0 radical (unpaired) electrons. The quantitative estimate of drug-likeness (QED) is 0.791. The van der Waals surface area contributed by atoms with Crippen molar-refractivity contribution in [1.29, 1.82) is 0 Å². The van der Waals surface area contributed by atoms with Crippen molar-refractivity contribution >= 4 is 0 Å². The first-order valence-electron chi connectivity index (χ1n) is 4.96. The molecule has 0 unspecified atom stereocenters. The van der Waals surface area contributed by atoms with Crippen molar-refractivity contribution < 1.29 is 19.5 Å². The van der Waals surface area contributed by atoms with Crippen LogP contribution in [0, 0.1) is 0 Å². The number of hydrogen-bond donors (Lipinski definition) is 0. The molecule has 2 aromatic heterocycles. The van der Waals surface area contributed by atoms with Crippen LogP contribution in [0.25, 0.3) is 11.5 Å². The molecule has 0 spiro atoms. The smallest absolute Gasteiger partial charge is 0.672 e. The van der Waals surface area contributed by atoms with Gasteiger partial charge in [-0.25, -0.2) is 0 Å². The van der Waals surface area contributed by atoms with Gasteiger partial charge < -0.3 is 11.5 Å². The van der Waals surface area contributed by atoms with Gasteiger partial charge in [-0.2, -0.15) is 0 Å². The summed E-state index contributed by atoms with van der Waals surface area (Å²) >= 11 is 0. The second kappa shape index (κ2) is 10.0. The third-order valence-electron chi connectivity index (χ3n) is 1.81. The van der Waals surface area contributed by atoms with Crippen molar-refractivity contribution in [2.45, 2.75) is 13.1 Å². The zero-order valence-electron chi connectivity index (χ0n) is 9.63. The van der Waals surface area contributed by atoms with Gasteiger partial charge in [-0.3, -0.25) is 9.97 Å². The average molecular weight is 280 g/mol. The summed E-state index contributed by atoms with van der Waals surface area (Å²) < 4.78 is 0. The average Bonchev–Trinajstić information content (AvgIpc) is 2.41. The first-order chi connectivity index (χ1) is 7.86. The second-order valence-corrected chi connectivity index (χ2v) is 3.00. The molecule has 2 heterocycles. The van der Waals surface area contributed by atoms with E-state index in [0.29, 0.717) is 0 Å². The van der Waals surface area contributed by atoms with Gasteiger partial charge in [0.05, 0.1) is 0 Å². The Bertz CT molecular complexity index is 341. The third kappa shape index (κ3) is 6.90. The zero-order valence-corrected chi connectivity index (χ0v) is 12.6. The van der Waals surface area contributed by atoms with Crippen LogP contribution < -0.4 is 0 Å². The number of rotatable bonds is 2. The van der Waals surface area contributed by atoms with Crippen molar-refractivity contribution in [3.8, 4) is 0 Å². The molecule has 2 rings (SSSR count). The molecule has 4 nitrogen and oxygen atoms in total. The standard InChI is InChI=1S/2C6H7N2.Zn/c2*7-5-6-3-1-2-4-8-6;/h2*1-4,7H,5H2;/q2*-1;+2. The molecule has 0 saturated carbocycles. The monoisotopic (exact) mass is 278 g/mol. The maximum absolute atomic E-state index is 6.88. The predicted octanol–water partition coefficient (Wildman–Crippen LogP) is 3.27. The van der Waals surface area contributed by atoms with Gasteiger partial charge in [0.1, 0.15) is 0 Å². The van der Waals surface area contributed by atoms with Crippen LogP contribution in [0.3, 0.4) is 0 Å². The van der Waals surface area contributed by atoms with Crippen LogP contribution in [-0.2, 0) is 32.6 Å². The molecule has 0 saturated heterocycles. The van der Waals surface area contributed by atoms with E-state index in [1.807, 2.05) is 36.4 Å². The molecule has 0 aliphatic heterocycles. The van der Waals surface area contributed by atoms with Gasteiger partial charge in [-0.05, 0) is 24.3 Å². The molecule has 5 heteroatoms. The number of pyridine rings is 2. The van der Waals surface area contributed by atoms with Crippen molar-refractivity contribution in [1.82, 2.24) is 9.97 Å². The van der Waals surface area contributed by atoms with Gasteiger partial charge in [0.2, 0.25) is 0 Å². The van der Waals surface area contributed by atoms with E-state index in [0.717, 1.165) is 11.4 Å². The van der Waals surface area contributed by atoms with Crippen LogP contribution >= 0.6 is 0 Å². The summed E-state index contributed by atoms with van der Waals surface area (Å²) in [5.74, 6) is 0. The SMILES string of the molecule is [NH-]Cc1ccccn1.[NH-]Cc1ccccn1.[Zn+2]. The maximum atomic E-state index is 6.88. The molecule has 0 aromatic carbocycles. The molecule has 0 aliphatic rings. The normalized spacial score (nSPS) is 8.59. The minimum Gasteiger partial charge on any atom is -0.672 e. The minimum atomic E-state index is 0. The van der Waals surface area contributed by atoms with Crippen LogP contribution in [0.2, 0.25) is 0 Å². The van der Waals surface area contributed by atoms with Crippen LogP contribution in [0.15, 0.2) is 48.8 Å². The summed E-state index contributed by atoms with van der Waals surface area (Å²) in [5, 5.41) is 0. The number of hydrogen-bond acceptors (Lipinski definition) is 2. The Morgan fingerprint density at radius 2 is 1.18 bits per heavy atom. The van der Waals surface area contributed by atoms with Crippen LogP contribution in [-0.4, -0.2) is 9.97 Å². The Morgan fingerprint density at radius 1 is 0.765 bits per heavy atom. The molecule has 2 N–H and O–H groups in total. The van der Waals surface area contributed by atoms with Crippen molar-refractivity contribution in [2.24, 2.45) is 0 Å². The molecular formula is C12H14N4Zn. The van der Waals surface area contributed by atoms with Crippen LogP contribution in [0.5, 0.6) is 0 Å². The van der Waals surface area contributed by atoms with Crippen LogP contribution in [0.4, 0.5) is 0 Å². The molecule has 0 bridgehead atoms. The van der Waals surface area contributed by atoms with E-state index in [1.165, 1.54) is 0 Å². The first-order valence-corrected chi connectivity index (χ1v) is 4.96. The first kappa shape index (κ1) is 15.8. The van der Waals surface area contributed by atoms with Gasteiger partial charge in [-0.1, -0.05) is 12.1 Å². The topological polar surface area (TPSA) is 73.4 Å². The molecule has 84 valence electrons. The molecule has 0 atom stereocenters. The largest absolute Gasteiger partial charge is 2.00 e. The third-order valence-corrected chi connectivity index (χ3v) is 1.81. The van der Waals surface area contributed by atoms with Gasteiger partial charge in [0, 0.05) is 23.8 Å². The Morgan fingerprint density at radius 3 is 1.35 bits per heavy atom. The summed E-state index contributed by atoms with van der Waals surface area (Å²) in [6.45, 7) is 0.557. The Balaban J connectivity index is 0.000000284. The summed E-state index contributed by atoms with van der Waals surface area (Å²) in [5.41, 5.74) is 15.4. The fourth-order valence-electron chi connectivity index (χ4n) is 1.01. The number of nitrogens with one attached hydrogen (secondary N) is 2. The van der Waals surface area contributed by atoms with E-state index in [4.69, 9.17) is 11.5 Å². The van der Waals surface area contributed by atoms with Gasteiger partial charge >= 0.3 is 19.5 Å². The minimum absolute atomic E-state index is 0. The summed E-state index contributed by atoms with van der Waals surface area (Å²) in [6.07, 6.45) is 3.40. The zero-order chi connectivity index (χ0) is 11.6. The van der Waals surface area contributed by atoms with E-state index >= 15 is 0 Å². The van der Waals surface area contributed by atoms with Gasteiger partial charge in [0.15, 0.2) is 0 Å². The van der Waals surface area contributed by atoms with Crippen molar-refractivity contribution in [3.63, 3.8) is 0 Å². The fourth-order valence-corrected chi connectivity index (χ4v) is 1.01. The van der Waals surface area contributed by atoms with E-state index in [9.17, 15) is 0 Å². The maximum Gasteiger partial charge on any atom is 2.00 e. The van der Waals surface area contributed by atoms with Crippen molar-refractivity contribution in [2.75, 3.05) is 0 Å². The fraction of sp³-hybridized carbons (Fsp3) is 0.167. The van der Waals surface area contributed by atoms with E-state index in [1.54, 1.807) is 12.4 Å². The molecular weight excluding hydrogens is 266 g/mol. The van der Waals surface area contributed by atoms with E-state index < -0.39 is 0 Å². The molecule has 2 aromatic rings. The number of aromatic nitrogens is 2. The Labute approximate surface area is 114 Å². The van der Waals surface area contributed by atoms with Gasteiger partial charge in [0.25, 0.3) is 0 Å². The van der Waals surface area contributed by atoms with Crippen LogP contribution in [0.1, 0.15) is 11.4 Å². The predicted molar refractivity (Wildman–Crippen MR) is 64.5 cm³/mol.